The fourth-order valence-corrected chi connectivity index (χ4v) is 3.73. The Hall–Kier alpha value is -2.53. The number of carbonyl (C=O) groups excluding carboxylic acids is 2. The summed E-state index contributed by atoms with van der Waals surface area (Å²) >= 11 is 1.57. The number of aryl methyl sites for hydroxylation is 1. The normalized spacial score (nSPS) is 16.4. The van der Waals surface area contributed by atoms with E-state index in [2.05, 4.69) is 0 Å². The molecular formula is C19H17NO3S. The summed E-state index contributed by atoms with van der Waals surface area (Å²) in [5.41, 5.74) is 3.88. The fourth-order valence-electron chi connectivity index (χ4n) is 2.75. The van der Waals surface area contributed by atoms with Crippen LogP contribution in [0.15, 0.2) is 47.1 Å². The highest BCUT2D eigenvalue weighted by atomic mass is 32.1. The van der Waals surface area contributed by atoms with Crippen molar-refractivity contribution in [2.24, 2.45) is 0 Å². The summed E-state index contributed by atoms with van der Waals surface area (Å²) in [5, 5.41) is 0.888. The predicted octanol–water partition coefficient (Wildman–Crippen LogP) is 4.31. The van der Waals surface area contributed by atoms with E-state index in [9.17, 15) is 9.59 Å². The first kappa shape index (κ1) is 16.3. The molecular weight excluding hydrogens is 322 g/mol. The van der Waals surface area contributed by atoms with Crippen LogP contribution in [0.4, 0.5) is 0 Å². The minimum Gasteiger partial charge on any atom is -0.386 e. The Morgan fingerprint density at radius 1 is 1.00 bits per heavy atom. The number of carbonyl (C=O) groups is 2. The van der Waals surface area contributed by atoms with Crippen molar-refractivity contribution >= 4 is 28.8 Å². The molecule has 1 aliphatic heterocycles. The molecule has 0 N–H and O–H groups in total. The first-order chi connectivity index (χ1) is 11.4. The van der Waals surface area contributed by atoms with Crippen molar-refractivity contribution in [2.75, 3.05) is 0 Å². The lowest BCUT2D eigenvalue weighted by atomic mass is 9.97. The summed E-state index contributed by atoms with van der Waals surface area (Å²) in [6.45, 7) is 7.38. The van der Waals surface area contributed by atoms with E-state index < -0.39 is 11.9 Å². The summed E-state index contributed by atoms with van der Waals surface area (Å²) in [5.74, 6) is -1.17. The Kier molecular flexibility index (Phi) is 4.20. The molecule has 0 bridgehead atoms. The molecule has 0 aliphatic carbocycles. The zero-order chi connectivity index (χ0) is 17.4. The van der Waals surface area contributed by atoms with E-state index in [1.165, 1.54) is 0 Å². The molecule has 24 heavy (non-hydrogen) atoms. The van der Waals surface area contributed by atoms with Gasteiger partial charge in [-0.1, -0.05) is 35.9 Å². The van der Waals surface area contributed by atoms with Crippen LogP contribution in [0, 0.1) is 6.92 Å². The number of esters is 2. The van der Waals surface area contributed by atoms with Gasteiger partial charge >= 0.3 is 11.9 Å². The number of hydrogen-bond donors (Lipinski definition) is 0. The van der Waals surface area contributed by atoms with E-state index in [0.29, 0.717) is 16.7 Å². The number of hydrogen-bond acceptors (Lipinski definition) is 5. The number of rotatable bonds is 2. The third kappa shape index (κ3) is 2.71. The van der Waals surface area contributed by atoms with Crippen molar-refractivity contribution in [3.63, 3.8) is 0 Å². The molecule has 2 heterocycles. The zero-order valence-corrected chi connectivity index (χ0v) is 14.8. The lowest BCUT2D eigenvalue weighted by molar-refractivity contribution is -0.149. The smallest absolute Gasteiger partial charge is 0.347 e. The van der Waals surface area contributed by atoms with Crippen LogP contribution in [0.25, 0.3) is 16.1 Å². The quantitative estimate of drug-likeness (QED) is 0.465. The maximum Gasteiger partial charge on any atom is 0.347 e. The van der Waals surface area contributed by atoms with Gasteiger partial charge in [0, 0.05) is 10.4 Å². The first-order valence-corrected chi connectivity index (χ1v) is 8.40. The molecule has 0 saturated carbocycles. The van der Waals surface area contributed by atoms with Crippen LogP contribution in [-0.2, 0) is 14.3 Å². The van der Waals surface area contributed by atoms with E-state index in [1.807, 2.05) is 44.2 Å². The van der Waals surface area contributed by atoms with Crippen LogP contribution in [0.5, 0.6) is 0 Å². The van der Waals surface area contributed by atoms with Crippen LogP contribution in [-0.4, -0.2) is 16.9 Å². The average molecular weight is 339 g/mol. The van der Waals surface area contributed by atoms with Crippen molar-refractivity contribution in [3.8, 4) is 10.6 Å². The molecule has 4 nitrogen and oxygen atoms in total. The second-order valence-corrected chi connectivity index (χ2v) is 7.05. The van der Waals surface area contributed by atoms with E-state index in [4.69, 9.17) is 9.72 Å². The second kappa shape index (κ2) is 6.17. The summed E-state index contributed by atoms with van der Waals surface area (Å²) in [7, 11) is 0. The highest BCUT2D eigenvalue weighted by Gasteiger charge is 2.36. The number of allylic oxidation sites excluding steroid dienone is 2. The van der Waals surface area contributed by atoms with E-state index in [1.54, 1.807) is 25.2 Å². The third-order valence-electron chi connectivity index (χ3n) is 3.89. The molecule has 1 aliphatic rings. The molecule has 3 rings (SSSR count). The number of cyclic esters (lactones) is 2. The number of nitrogens with zero attached hydrogens (tertiary/aromatic N) is 1. The van der Waals surface area contributed by atoms with Crippen LogP contribution in [0.3, 0.4) is 0 Å². The molecule has 2 aromatic rings. The first-order valence-electron chi connectivity index (χ1n) is 7.58. The summed E-state index contributed by atoms with van der Waals surface area (Å²) in [6, 6.07) is 9.88. The van der Waals surface area contributed by atoms with Gasteiger partial charge in [0.05, 0.1) is 16.8 Å². The Balaban J connectivity index is 2.15. The van der Waals surface area contributed by atoms with E-state index >= 15 is 0 Å². The van der Waals surface area contributed by atoms with Crippen molar-refractivity contribution in [1.82, 2.24) is 4.98 Å². The third-order valence-corrected chi connectivity index (χ3v) is 4.91. The van der Waals surface area contributed by atoms with Crippen molar-refractivity contribution < 1.29 is 14.3 Å². The van der Waals surface area contributed by atoms with Gasteiger partial charge in [-0.25, -0.2) is 14.6 Å². The summed E-state index contributed by atoms with van der Waals surface area (Å²) in [4.78, 5) is 29.8. The SMILES string of the molecule is CC(C)=C1C(=O)OC(=O)/C1=C(\C)c1nc(-c2ccccc2)sc1C. The molecule has 5 heteroatoms. The minimum absolute atomic E-state index is 0.327. The van der Waals surface area contributed by atoms with Crippen LogP contribution < -0.4 is 0 Å². The number of benzene rings is 1. The van der Waals surface area contributed by atoms with Gasteiger partial charge in [0.2, 0.25) is 0 Å². The minimum atomic E-state index is -0.595. The number of ether oxygens (including phenoxy) is 1. The highest BCUT2D eigenvalue weighted by Crippen LogP contribution is 2.36. The van der Waals surface area contributed by atoms with Gasteiger partial charge in [0.15, 0.2) is 0 Å². The standard InChI is InChI=1S/C19H17NO3S/c1-10(2)14-15(19(22)23-18(14)21)11(3)16-12(4)24-17(20-16)13-8-6-5-7-9-13/h5-9H,1-4H3/b15-11+. The Morgan fingerprint density at radius 3 is 2.25 bits per heavy atom. The highest BCUT2D eigenvalue weighted by molar-refractivity contribution is 7.15. The van der Waals surface area contributed by atoms with Crippen LogP contribution in [0.2, 0.25) is 0 Å². The lowest BCUT2D eigenvalue weighted by Gasteiger charge is -2.04. The van der Waals surface area contributed by atoms with E-state index in [0.717, 1.165) is 26.7 Å². The van der Waals surface area contributed by atoms with Crippen LogP contribution >= 0.6 is 11.3 Å². The Bertz CT molecular complexity index is 900. The van der Waals surface area contributed by atoms with Gasteiger partial charge < -0.3 is 4.74 Å². The van der Waals surface area contributed by atoms with Gasteiger partial charge in [-0.15, -0.1) is 11.3 Å². The topological polar surface area (TPSA) is 56.3 Å². The maximum atomic E-state index is 12.1. The molecule has 1 fully saturated rings. The van der Waals surface area contributed by atoms with Crippen LogP contribution in [0.1, 0.15) is 31.3 Å². The predicted molar refractivity (Wildman–Crippen MR) is 94.4 cm³/mol. The molecule has 0 unspecified atom stereocenters. The lowest BCUT2D eigenvalue weighted by Crippen LogP contribution is -2.00. The molecule has 0 amide bonds. The van der Waals surface area contributed by atoms with Crippen molar-refractivity contribution in [2.45, 2.75) is 27.7 Å². The van der Waals surface area contributed by atoms with Gasteiger partial charge in [0.1, 0.15) is 5.01 Å². The summed E-state index contributed by atoms with van der Waals surface area (Å²) < 4.78 is 4.80. The zero-order valence-electron chi connectivity index (χ0n) is 14.0. The molecule has 0 spiro atoms. The maximum absolute atomic E-state index is 12.1. The summed E-state index contributed by atoms with van der Waals surface area (Å²) in [6.07, 6.45) is 0. The molecule has 1 aromatic heterocycles. The number of aromatic nitrogens is 1. The average Bonchev–Trinajstić information content (AvgIpc) is 3.07. The van der Waals surface area contributed by atoms with Gasteiger partial charge in [-0.2, -0.15) is 0 Å². The second-order valence-electron chi connectivity index (χ2n) is 5.84. The molecule has 122 valence electrons. The Morgan fingerprint density at radius 2 is 1.62 bits per heavy atom. The van der Waals surface area contributed by atoms with Gasteiger partial charge in [-0.05, 0) is 33.3 Å². The van der Waals surface area contributed by atoms with Crippen molar-refractivity contribution in [1.29, 1.82) is 0 Å². The molecule has 0 radical (unpaired) electrons. The monoisotopic (exact) mass is 339 g/mol. The molecule has 0 atom stereocenters. The Labute approximate surface area is 144 Å². The fraction of sp³-hybridized carbons (Fsp3) is 0.211. The van der Waals surface area contributed by atoms with Crippen molar-refractivity contribution in [3.05, 3.63) is 57.6 Å². The largest absolute Gasteiger partial charge is 0.386 e. The van der Waals surface area contributed by atoms with Gasteiger partial charge in [-0.3, -0.25) is 0 Å². The van der Waals surface area contributed by atoms with Gasteiger partial charge in [0.25, 0.3) is 0 Å². The van der Waals surface area contributed by atoms with E-state index in [-0.39, 0.29) is 0 Å². The molecule has 1 saturated heterocycles. The molecule has 1 aromatic carbocycles. The number of thiazole rings is 1.